The predicted octanol–water partition coefficient (Wildman–Crippen LogP) is 1.68. The number of imide groups is 1. The number of carboxylic acids is 1. The third-order valence-electron chi connectivity index (χ3n) is 5.18. The van der Waals surface area contributed by atoms with E-state index < -0.39 is 5.97 Å². The second-order valence-corrected chi connectivity index (χ2v) is 6.85. The van der Waals surface area contributed by atoms with Crippen LogP contribution in [0, 0.1) is 11.8 Å². The van der Waals surface area contributed by atoms with E-state index in [1.54, 1.807) is 24.3 Å². The summed E-state index contributed by atoms with van der Waals surface area (Å²) >= 11 is 0. The molecule has 1 aromatic carbocycles. The zero-order chi connectivity index (χ0) is 18.7. The molecule has 2 unspecified atom stereocenters. The van der Waals surface area contributed by atoms with E-state index in [1.165, 1.54) is 4.90 Å². The molecule has 2 N–H and O–H groups in total. The number of benzene rings is 1. The molecule has 7 heteroatoms. The van der Waals surface area contributed by atoms with Gasteiger partial charge in [0.1, 0.15) is 0 Å². The van der Waals surface area contributed by atoms with Crippen molar-refractivity contribution in [1.29, 1.82) is 0 Å². The third kappa shape index (κ3) is 3.61. The molecule has 2 atom stereocenters. The summed E-state index contributed by atoms with van der Waals surface area (Å²) in [5, 5.41) is 11.4. The number of aliphatic carboxylic acids is 1. The van der Waals surface area contributed by atoms with Crippen LogP contribution in [0.25, 0.3) is 0 Å². The predicted molar refractivity (Wildman–Crippen MR) is 92.5 cm³/mol. The standard InChI is InChI=1S/C19H22N2O5/c22-16(23)9-10-20-17(24)13-6-2-1-5-12(13)11-21-18(25)14-7-3-4-8-15(14)19(21)26/h3-4,7-8,12-13H,1-2,5-6,9-11H2,(H,20,24)(H,22,23). The van der Waals surface area contributed by atoms with Crippen molar-refractivity contribution in [3.63, 3.8) is 0 Å². The number of carbonyl (C=O) groups excluding carboxylic acids is 3. The van der Waals surface area contributed by atoms with Crippen molar-refractivity contribution in [3.05, 3.63) is 35.4 Å². The molecule has 1 saturated carbocycles. The highest BCUT2D eigenvalue weighted by molar-refractivity contribution is 6.21. The number of fused-ring (bicyclic) bond motifs is 1. The van der Waals surface area contributed by atoms with Crippen LogP contribution in [-0.4, -0.2) is 46.8 Å². The van der Waals surface area contributed by atoms with Crippen LogP contribution in [0.3, 0.4) is 0 Å². The molecule has 1 heterocycles. The van der Waals surface area contributed by atoms with Gasteiger partial charge in [-0.25, -0.2) is 0 Å². The maximum absolute atomic E-state index is 12.5. The van der Waals surface area contributed by atoms with Crippen LogP contribution < -0.4 is 5.32 Å². The first-order chi connectivity index (χ1) is 12.5. The number of rotatable bonds is 6. The van der Waals surface area contributed by atoms with E-state index in [4.69, 9.17) is 5.11 Å². The van der Waals surface area contributed by atoms with Crippen molar-refractivity contribution >= 4 is 23.7 Å². The minimum atomic E-state index is -0.962. The summed E-state index contributed by atoms with van der Waals surface area (Å²) in [4.78, 5) is 49.4. The molecule has 1 fully saturated rings. The Balaban J connectivity index is 1.67. The van der Waals surface area contributed by atoms with Crippen molar-refractivity contribution in [2.24, 2.45) is 11.8 Å². The van der Waals surface area contributed by atoms with Crippen molar-refractivity contribution in [3.8, 4) is 0 Å². The Kier molecular flexibility index (Phi) is 5.35. The molecule has 1 aliphatic heterocycles. The normalized spacial score (nSPS) is 22.2. The number of nitrogens with one attached hydrogen (secondary N) is 1. The van der Waals surface area contributed by atoms with Gasteiger partial charge in [0, 0.05) is 19.0 Å². The molecule has 7 nitrogen and oxygen atoms in total. The Hall–Kier alpha value is -2.70. The molecule has 0 aromatic heterocycles. The number of carboxylic acid groups (broad SMARTS) is 1. The molecular weight excluding hydrogens is 336 g/mol. The molecule has 0 radical (unpaired) electrons. The average Bonchev–Trinajstić information content (AvgIpc) is 2.87. The van der Waals surface area contributed by atoms with E-state index in [2.05, 4.69) is 5.32 Å². The monoisotopic (exact) mass is 358 g/mol. The zero-order valence-corrected chi connectivity index (χ0v) is 14.4. The van der Waals surface area contributed by atoms with Crippen LogP contribution in [-0.2, 0) is 9.59 Å². The van der Waals surface area contributed by atoms with Gasteiger partial charge in [-0.1, -0.05) is 25.0 Å². The van der Waals surface area contributed by atoms with Crippen LogP contribution in [0.5, 0.6) is 0 Å². The zero-order valence-electron chi connectivity index (χ0n) is 14.4. The largest absolute Gasteiger partial charge is 0.481 e. The first-order valence-electron chi connectivity index (χ1n) is 8.93. The van der Waals surface area contributed by atoms with E-state index in [0.717, 1.165) is 19.3 Å². The molecule has 0 saturated heterocycles. The number of hydrogen-bond acceptors (Lipinski definition) is 4. The second-order valence-electron chi connectivity index (χ2n) is 6.85. The highest BCUT2D eigenvalue weighted by Crippen LogP contribution is 2.33. The summed E-state index contributed by atoms with van der Waals surface area (Å²) in [6.07, 6.45) is 3.20. The Morgan fingerprint density at radius 3 is 2.31 bits per heavy atom. The van der Waals surface area contributed by atoms with Gasteiger partial charge in [-0.15, -0.1) is 0 Å². The van der Waals surface area contributed by atoms with E-state index in [9.17, 15) is 19.2 Å². The number of carbonyl (C=O) groups is 4. The summed E-state index contributed by atoms with van der Waals surface area (Å²) in [6, 6.07) is 6.75. The van der Waals surface area contributed by atoms with Gasteiger partial charge in [0.05, 0.1) is 17.5 Å². The minimum absolute atomic E-state index is 0.0877. The lowest BCUT2D eigenvalue weighted by Crippen LogP contribution is -2.43. The maximum Gasteiger partial charge on any atom is 0.305 e. The Morgan fingerprint density at radius 1 is 1.08 bits per heavy atom. The fourth-order valence-corrected chi connectivity index (χ4v) is 3.83. The van der Waals surface area contributed by atoms with Gasteiger partial charge in [0.15, 0.2) is 0 Å². The van der Waals surface area contributed by atoms with Crippen molar-refractivity contribution in [2.45, 2.75) is 32.1 Å². The second kappa shape index (κ2) is 7.68. The van der Waals surface area contributed by atoms with Crippen molar-refractivity contribution < 1.29 is 24.3 Å². The minimum Gasteiger partial charge on any atom is -0.481 e. The summed E-state index contributed by atoms with van der Waals surface area (Å²) in [5.41, 5.74) is 0.825. The van der Waals surface area contributed by atoms with Crippen LogP contribution in [0.2, 0.25) is 0 Å². The number of hydrogen-bond donors (Lipinski definition) is 2. The van der Waals surface area contributed by atoms with Gasteiger partial charge in [0.25, 0.3) is 11.8 Å². The van der Waals surface area contributed by atoms with Gasteiger partial charge in [-0.2, -0.15) is 0 Å². The molecule has 0 bridgehead atoms. The quantitative estimate of drug-likeness (QED) is 0.753. The van der Waals surface area contributed by atoms with Gasteiger partial charge in [-0.05, 0) is 30.9 Å². The Morgan fingerprint density at radius 2 is 1.69 bits per heavy atom. The molecule has 2 aliphatic rings. The SMILES string of the molecule is O=C(O)CCNC(=O)C1CCCCC1CN1C(=O)c2ccccc2C1=O. The van der Waals surface area contributed by atoms with Crippen LogP contribution in [0.1, 0.15) is 52.8 Å². The average molecular weight is 358 g/mol. The number of nitrogens with zero attached hydrogens (tertiary/aromatic N) is 1. The summed E-state index contributed by atoms with van der Waals surface area (Å²) in [7, 11) is 0. The van der Waals surface area contributed by atoms with Gasteiger partial charge in [-0.3, -0.25) is 24.1 Å². The van der Waals surface area contributed by atoms with Crippen LogP contribution in [0.4, 0.5) is 0 Å². The van der Waals surface area contributed by atoms with Crippen molar-refractivity contribution in [1.82, 2.24) is 10.2 Å². The van der Waals surface area contributed by atoms with E-state index >= 15 is 0 Å². The molecule has 3 rings (SSSR count). The smallest absolute Gasteiger partial charge is 0.305 e. The molecule has 3 amide bonds. The molecule has 138 valence electrons. The molecule has 1 aromatic rings. The Bertz CT molecular complexity index is 710. The first-order valence-corrected chi connectivity index (χ1v) is 8.93. The van der Waals surface area contributed by atoms with E-state index in [1.807, 2.05) is 0 Å². The first kappa shape index (κ1) is 18.1. The molecule has 26 heavy (non-hydrogen) atoms. The molecule has 1 aliphatic carbocycles. The summed E-state index contributed by atoms with van der Waals surface area (Å²) in [6.45, 7) is 0.313. The summed E-state index contributed by atoms with van der Waals surface area (Å²) < 4.78 is 0. The highest BCUT2D eigenvalue weighted by atomic mass is 16.4. The summed E-state index contributed by atoms with van der Waals surface area (Å²) in [5.74, 6) is -2.16. The van der Waals surface area contributed by atoms with Gasteiger partial charge < -0.3 is 10.4 Å². The molecule has 0 spiro atoms. The maximum atomic E-state index is 12.5. The third-order valence-corrected chi connectivity index (χ3v) is 5.18. The van der Waals surface area contributed by atoms with Crippen LogP contribution in [0.15, 0.2) is 24.3 Å². The van der Waals surface area contributed by atoms with Crippen LogP contribution >= 0.6 is 0 Å². The van der Waals surface area contributed by atoms with Crippen molar-refractivity contribution in [2.75, 3.05) is 13.1 Å². The number of amides is 3. The van der Waals surface area contributed by atoms with Gasteiger partial charge >= 0.3 is 5.97 Å². The lowest BCUT2D eigenvalue weighted by Gasteiger charge is -2.32. The highest BCUT2D eigenvalue weighted by Gasteiger charge is 2.39. The topological polar surface area (TPSA) is 104 Å². The lowest BCUT2D eigenvalue weighted by molar-refractivity contribution is -0.137. The molecular formula is C19H22N2O5. The van der Waals surface area contributed by atoms with Gasteiger partial charge in [0.2, 0.25) is 5.91 Å². The Labute approximate surface area is 151 Å². The fraction of sp³-hybridized carbons (Fsp3) is 0.474. The van der Waals surface area contributed by atoms with E-state index in [0.29, 0.717) is 17.5 Å². The fourth-order valence-electron chi connectivity index (χ4n) is 3.83. The van der Waals surface area contributed by atoms with E-state index in [-0.39, 0.29) is 49.1 Å². The lowest BCUT2D eigenvalue weighted by atomic mass is 9.78.